The van der Waals surface area contributed by atoms with E-state index >= 15 is 0 Å². The van der Waals surface area contributed by atoms with Crippen LogP contribution in [0.2, 0.25) is 0 Å². The van der Waals surface area contributed by atoms with Gasteiger partial charge in [0.25, 0.3) is 0 Å². The van der Waals surface area contributed by atoms with Crippen LogP contribution < -0.4 is 10.5 Å². The number of sulfonamides is 1. The van der Waals surface area contributed by atoms with Gasteiger partial charge in [-0.05, 0) is 28.9 Å². The number of benzene rings is 1. The monoisotopic (exact) mass is 328 g/mol. The molecule has 0 saturated heterocycles. The van der Waals surface area contributed by atoms with Gasteiger partial charge in [0.05, 0.1) is 4.47 Å². The van der Waals surface area contributed by atoms with Gasteiger partial charge in [-0.2, -0.15) is 0 Å². The van der Waals surface area contributed by atoms with Crippen LogP contribution in [-0.4, -0.2) is 21.0 Å². The van der Waals surface area contributed by atoms with E-state index in [1.54, 1.807) is 0 Å². The molecular formula is C9H11BrF2N2O2S. The Bertz CT molecular complexity index is 522. The van der Waals surface area contributed by atoms with E-state index in [1.807, 2.05) is 0 Å². The van der Waals surface area contributed by atoms with E-state index in [4.69, 9.17) is 5.73 Å². The highest BCUT2D eigenvalue weighted by Crippen LogP contribution is 2.23. The van der Waals surface area contributed by atoms with Crippen molar-refractivity contribution >= 4 is 26.0 Å². The third kappa shape index (κ3) is 3.44. The minimum Gasteiger partial charge on any atom is -0.329 e. The number of nitrogens with one attached hydrogen (secondary N) is 1. The number of rotatable bonds is 4. The lowest BCUT2D eigenvalue weighted by Crippen LogP contribution is -2.38. The molecule has 4 nitrogen and oxygen atoms in total. The molecule has 0 saturated carbocycles. The molecule has 3 N–H and O–H groups in total. The maximum atomic E-state index is 13.4. The van der Waals surface area contributed by atoms with Gasteiger partial charge in [-0.3, -0.25) is 0 Å². The van der Waals surface area contributed by atoms with Crippen LogP contribution in [0.15, 0.2) is 21.5 Å². The van der Waals surface area contributed by atoms with Crippen LogP contribution in [0.5, 0.6) is 0 Å². The lowest BCUT2D eigenvalue weighted by Gasteiger charge is -2.12. The summed E-state index contributed by atoms with van der Waals surface area (Å²) in [6.45, 7) is 1.61. The van der Waals surface area contributed by atoms with Crippen LogP contribution in [0, 0.1) is 11.6 Å². The predicted molar refractivity (Wildman–Crippen MR) is 62.9 cm³/mol. The Kier molecular flexibility index (Phi) is 4.59. The van der Waals surface area contributed by atoms with E-state index in [2.05, 4.69) is 20.7 Å². The zero-order valence-electron chi connectivity index (χ0n) is 8.88. The Morgan fingerprint density at radius 2 is 2.00 bits per heavy atom. The zero-order valence-corrected chi connectivity index (χ0v) is 11.3. The molecule has 0 amide bonds. The second-order valence-corrected chi connectivity index (χ2v) is 5.99. The fraction of sp³-hybridized carbons (Fsp3) is 0.333. The molecule has 0 aliphatic heterocycles. The molecule has 0 bridgehead atoms. The van der Waals surface area contributed by atoms with Crippen LogP contribution in [0.25, 0.3) is 0 Å². The highest BCUT2D eigenvalue weighted by molar-refractivity contribution is 9.10. The van der Waals surface area contributed by atoms with Gasteiger partial charge in [0.2, 0.25) is 10.0 Å². The molecule has 1 aromatic rings. The summed E-state index contributed by atoms with van der Waals surface area (Å²) in [5.41, 5.74) is 5.26. The lowest BCUT2D eigenvalue weighted by atomic mass is 10.3. The maximum absolute atomic E-state index is 13.4. The van der Waals surface area contributed by atoms with E-state index in [-0.39, 0.29) is 11.0 Å². The SMILES string of the molecule is C[C@@H](CN)NS(=O)(=O)c1cc(Br)c(F)cc1F. The summed E-state index contributed by atoms with van der Waals surface area (Å²) in [7, 11) is -4.04. The molecule has 0 aromatic heterocycles. The van der Waals surface area contributed by atoms with Crippen molar-refractivity contribution in [3.8, 4) is 0 Å². The van der Waals surface area contributed by atoms with E-state index in [9.17, 15) is 17.2 Å². The van der Waals surface area contributed by atoms with E-state index in [0.717, 1.165) is 6.07 Å². The number of halogens is 3. The lowest BCUT2D eigenvalue weighted by molar-refractivity contribution is 0.533. The van der Waals surface area contributed by atoms with Crippen molar-refractivity contribution in [3.05, 3.63) is 28.2 Å². The van der Waals surface area contributed by atoms with Crippen LogP contribution in [-0.2, 0) is 10.0 Å². The average molecular weight is 329 g/mol. The number of hydrogen-bond donors (Lipinski definition) is 2. The number of nitrogens with two attached hydrogens (primary N) is 1. The zero-order chi connectivity index (χ0) is 13.2. The first-order valence-corrected chi connectivity index (χ1v) is 6.92. The van der Waals surface area contributed by atoms with Gasteiger partial charge >= 0.3 is 0 Å². The van der Waals surface area contributed by atoms with Gasteiger partial charge in [-0.1, -0.05) is 0 Å². The van der Waals surface area contributed by atoms with Crippen molar-refractivity contribution in [1.82, 2.24) is 4.72 Å². The summed E-state index contributed by atoms with van der Waals surface area (Å²) in [4.78, 5) is -0.619. The summed E-state index contributed by atoms with van der Waals surface area (Å²) in [6.07, 6.45) is 0. The van der Waals surface area contributed by atoms with Crippen LogP contribution in [0.1, 0.15) is 6.92 Å². The Morgan fingerprint density at radius 1 is 1.41 bits per heavy atom. The summed E-state index contributed by atoms with van der Waals surface area (Å²) in [6, 6.07) is 0.838. The minimum atomic E-state index is -4.04. The van der Waals surface area contributed by atoms with Gasteiger partial charge in [0.1, 0.15) is 16.5 Å². The highest BCUT2D eigenvalue weighted by atomic mass is 79.9. The molecule has 1 atom stereocenters. The first-order chi connectivity index (χ1) is 7.77. The van der Waals surface area contributed by atoms with Gasteiger partial charge in [0.15, 0.2) is 0 Å². The van der Waals surface area contributed by atoms with Crippen molar-refractivity contribution in [2.45, 2.75) is 17.9 Å². The minimum absolute atomic E-state index is 0.0726. The molecule has 17 heavy (non-hydrogen) atoms. The fourth-order valence-corrected chi connectivity index (χ4v) is 2.92. The molecule has 1 rings (SSSR count). The quantitative estimate of drug-likeness (QED) is 0.819. The molecular weight excluding hydrogens is 318 g/mol. The molecule has 0 spiro atoms. The Labute approximate surface area is 106 Å². The molecule has 0 aliphatic carbocycles. The second kappa shape index (κ2) is 5.38. The first kappa shape index (κ1) is 14.5. The van der Waals surface area contributed by atoms with Crippen molar-refractivity contribution in [2.75, 3.05) is 6.54 Å². The van der Waals surface area contributed by atoms with Gasteiger partial charge in [0, 0.05) is 18.7 Å². The van der Waals surface area contributed by atoms with E-state index < -0.39 is 32.6 Å². The highest BCUT2D eigenvalue weighted by Gasteiger charge is 2.22. The molecule has 96 valence electrons. The Morgan fingerprint density at radius 3 is 2.53 bits per heavy atom. The van der Waals surface area contributed by atoms with Gasteiger partial charge in [-0.15, -0.1) is 0 Å². The number of hydrogen-bond acceptors (Lipinski definition) is 3. The largest absolute Gasteiger partial charge is 0.329 e. The molecule has 0 fully saturated rings. The van der Waals surface area contributed by atoms with Crippen molar-refractivity contribution in [3.63, 3.8) is 0 Å². The fourth-order valence-electron chi connectivity index (χ4n) is 1.09. The van der Waals surface area contributed by atoms with Gasteiger partial charge in [-0.25, -0.2) is 21.9 Å². The van der Waals surface area contributed by atoms with Crippen LogP contribution in [0.4, 0.5) is 8.78 Å². The van der Waals surface area contributed by atoms with Crippen molar-refractivity contribution in [1.29, 1.82) is 0 Å². The second-order valence-electron chi connectivity index (χ2n) is 3.45. The molecule has 8 heteroatoms. The van der Waals surface area contributed by atoms with Crippen LogP contribution >= 0.6 is 15.9 Å². The third-order valence-electron chi connectivity index (χ3n) is 1.97. The molecule has 0 radical (unpaired) electrons. The standard InChI is InChI=1S/C9H11BrF2N2O2S/c1-5(4-13)14-17(15,16)9-2-6(10)7(11)3-8(9)12/h2-3,5,14H,4,13H2,1H3/t5-/m0/s1. The van der Waals surface area contributed by atoms with Crippen molar-refractivity contribution in [2.24, 2.45) is 5.73 Å². The predicted octanol–water partition coefficient (Wildman–Crippen LogP) is 1.35. The maximum Gasteiger partial charge on any atom is 0.243 e. The topological polar surface area (TPSA) is 72.2 Å². The van der Waals surface area contributed by atoms with Crippen molar-refractivity contribution < 1.29 is 17.2 Å². The normalized spacial score (nSPS) is 13.7. The summed E-state index contributed by atoms with van der Waals surface area (Å²) < 4.78 is 51.8. The Balaban J connectivity index is 3.20. The van der Waals surface area contributed by atoms with Gasteiger partial charge < -0.3 is 5.73 Å². The molecule has 0 unspecified atom stereocenters. The van der Waals surface area contributed by atoms with E-state index in [0.29, 0.717) is 6.07 Å². The van der Waals surface area contributed by atoms with Crippen LogP contribution in [0.3, 0.4) is 0 Å². The summed E-state index contributed by atoms with van der Waals surface area (Å²) in [5.74, 6) is -2.02. The molecule has 1 aromatic carbocycles. The Hall–Kier alpha value is -0.570. The van der Waals surface area contributed by atoms with E-state index in [1.165, 1.54) is 6.92 Å². The first-order valence-electron chi connectivity index (χ1n) is 4.65. The smallest absolute Gasteiger partial charge is 0.243 e. The summed E-state index contributed by atoms with van der Waals surface area (Å²) in [5, 5.41) is 0. The molecule has 0 aliphatic rings. The summed E-state index contributed by atoms with van der Waals surface area (Å²) >= 11 is 2.80. The average Bonchev–Trinajstić information content (AvgIpc) is 2.22. The molecule has 0 heterocycles. The third-order valence-corrected chi connectivity index (χ3v) is 4.19.